The summed E-state index contributed by atoms with van der Waals surface area (Å²) >= 11 is 0. The summed E-state index contributed by atoms with van der Waals surface area (Å²) in [7, 11) is 0. The first-order valence-electron chi connectivity index (χ1n) is 4.56. The Balaban J connectivity index is 3.70. The van der Waals surface area contributed by atoms with Gasteiger partial charge in [-0.15, -0.1) is 0 Å². The standard InChI is InChI=1S/C11H18FN/c1-3-5-11(6-4-2)7-9-13-10-8-12/h3-6,13H,1,7-10H2,2H3/b6-4-,11-5+. The predicted molar refractivity (Wildman–Crippen MR) is 56.6 cm³/mol. The summed E-state index contributed by atoms with van der Waals surface area (Å²) < 4.78 is 11.7. The molecule has 13 heavy (non-hydrogen) atoms. The Kier molecular flexibility index (Phi) is 8.57. The quantitative estimate of drug-likeness (QED) is 0.472. The van der Waals surface area contributed by atoms with Crippen molar-refractivity contribution in [2.75, 3.05) is 19.8 Å². The van der Waals surface area contributed by atoms with E-state index in [1.807, 2.05) is 25.2 Å². The molecule has 0 saturated carbocycles. The van der Waals surface area contributed by atoms with Crippen LogP contribution in [0.4, 0.5) is 4.39 Å². The van der Waals surface area contributed by atoms with Crippen molar-refractivity contribution in [1.29, 1.82) is 0 Å². The van der Waals surface area contributed by atoms with Crippen LogP contribution in [-0.2, 0) is 0 Å². The van der Waals surface area contributed by atoms with Crippen molar-refractivity contribution in [3.63, 3.8) is 0 Å². The molecular weight excluding hydrogens is 165 g/mol. The van der Waals surface area contributed by atoms with Gasteiger partial charge in [-0.2, -0.15) is 0 Å². The van der Waals surface area contributed by atoms with Crippen LogP contribution >= 0.6 is 0 Å². The van der Waals surface area contributed by atoms with Gasteiger partial charge in [-0.05, 0) is 25.5 Å². The molecule has 0 saturated heterocycles. The van der Waals surface area contributed by atoms with Crippen molar-refractivity contribution >= 4 is 0 Å². The van der Waals surface area contributed by atoms with E-state index in [1.54, 1.807) is 6.08 Å². The second-order valence-electron chi connectivity index (χ2n) is 2.67. The highest BCUT2D eigenvalue weighted by molar-refractivity contribution is 5.22. The third-order valence-electron chi connectivity index (χ3n) is 1.57. The number of hydrogen-bond acceptors (Lipinski definition) is 1. The maximum absolute atomic E-state index is 11.7. The van der Waals surface area contributed by atoms with Crippen LogP contribution in [0.2, 0.25) is 0 Å². The minimum absolute atomic E-state index is 0.301. The molecule has 0 amide bonds. The molecule has 0 fully saturated rings. The van der Waals surface area contributed by atoms with Gasteiger partial charge in [0.1, 0.15) is 6.67 Å². The first-order chi connectivity index (χ1) is 6.35. The Hall–Kier alpha value is -0.890. The van der Waals surface area contributed by atoms with Gasteiger partial charge in [-0.3, -0.25) is 0 Å². The highest BCUT2D eigenvalue weighted by Crippen LogP contribution is 2.02. The van der Waals surface area contributed by atoms with Gasteiger partial charge in [0.2, 0.25) is 0 Å². The second kappa shape index (κ2) is 9.20. The monoisotopic (exact) mass is 183 g/mol. The molecule has 0 aliphatic rings. The van der Waals surface area contributed by atoms with Crippen molar-refractivity contribution in [3.05, 3.63) is 36.5 Å². The highest BCUT2D eigenvalue weighted by atomic mass is 19.1. The molecule has 0 bridgehead atoms. The van der Waals surface area contributed by atoms with E-state index in [0.717, 1.165) is 13.0 Å². The zero-order chi connectivity index (χ0) is 9.94. The van der Waals surface area contributed by atoms with Gasteiger partial charge in [0.25, 0.3) is 0 Å². The van der Waals surface area contributed by atoms with E-state index in [0.29, 0.717) is 6.54 Å². The molecule has 0 atom stereocenters. The second-order valence-corrected chi connectivity index (χ2v) is 2.67. The van der Waals surface area contributed by atoms with Crippen LogP contribution in [0.25, 0.3) is 0 Å². The topological polar surface area (TPSA) is 12.0 Å². The van der Waals surface area contributed by atoms with E-state index in [4.69, 9.17) is 0 Å². The molecule has 2 heteroatoms. The van der Waals surface area contributed by atoms with Gasteiger partial charge < -0.3 is 5.32 Å². The number of halogens is 1. The molecule has 0 rings (SSSR count). The van der Waals surface area contributed by atoms with Gasteiger partial charge >= 0.3 is 0 Å². The molecule has 0 radical (unpaired) electrons. The number of nitrogens with one attached hydrogen (secondary N) is 1. The summed E-state index contributed by atoms with van der Waals surface area (Å²) in [5.74, 6) is 0. The fourth-order valence-electron chi connectivity index (χ4n) is 1.01. The van der Waals surface area contributed by atoms with Crippen LogP contribution in [0.3, 0.4) is 0 Å². The fourth-order valence-corrected chi connectivity index (χ4v) is 1.01. The smallest absolute Gasteiger partial charge is 0.102 e. The average Bonchev–Trinajstić information content (AvgIpc) is 2.13. The minimum atomic E-state index is -0.301. The van der Waals surface area contributed by atoms with Crippen molar-refractivity contribution < 1.29 is 4.39 Å². The number of rotatable bonds is 7. The van der Waals surface area contributed by atoms with Crippen LogP contribution in [0.5, 0.6) is 0 Å². The molecule has 0 aromatic heterocycles. The van der Waals surface area contributed by atoms with Crippen LogP contribution in [-0.4, -0.2) is 19.8 Å². The van der Waals surface area contributed by atoms with Crippen molar-refractivity contribution in [2.45, 2.75) is 13.3 Å². The van der Waals surface area contributed by atoms with E-state index in [2.05, 4.69) is 11.9 Å². The summed E-state index contributed by atoms with van der Waals surface area (Å²) in [6.07, 6.45) is 8.68. The number of allylic oxidation sites excluding steroid dienone is 4. The Morgan fingerprint density at radius 1 is 1.46 bits per heavy atom. The van der Waals surface area contributed by atoms with Crippen molar-refractivity contribution in [1.82, 2.24) is 5.32 Å². The third-order valence-corrected chi connectivity index (χ3v) is 1.57. The van der Waals surface area contributed by atoms with Gasteiger partial charge in [0.15, 0.2) is 0 Å². The third kappa shape index (κ3) is 7.47. The molecular formula is C11H18FN. The first kappa shape index (κ1) is 12.1. The first-order valence-corrected chi connectivity index (χ1v) is 4.56. The van der Waals surface area contributed by atoms with E-state index in [1.165, 1.54) is 5.57 Å². The molecule has 0 spiro atoms. The lowest BCUT2D eigenvalue weighted by Gasteiger charge is -2.02. The SMILES string of the molecule is C=C/C=C(\C=C/C)CCNCCF. The Bertz CT molecular complexity index is 183. The zero-order valence-corrected chi connectivity index (χ0v) is 8.22. The van der Waals surface area contributed by atoms with Gasteiger partial charge in [0, 0.05) is 6.54 Å². The lowest BCUT2D eigenvalue weighted by atomic mass is 10.1. The van der Waals surface area contributed by atoms with Gasteiger partial charge in [-0.25, -0.2) is 4.39 Å². The summed E-state index contributed by atoms with van der Waals surface area (Å²) in [4.78, 5) is 0. The minimum Gasteiger partial charge on any atom is -0.314 e. The van der Waals surface area contributed by atoms with Gasteiger partial charge in [0.05, 0.1) is 0 Å². The van der Waals surface area contributed by atoms with Crippen LogP contribution in [0, 0.1) is 0 Å². The molecule has 0 unspecified atom stereocenters. The van der Waals surface area contributed by atoms with E-state index in [9.17, 15) is 4.39 Å². The van der Waals surface area contributed by atoms with Gasteiger partial charge in [-0.1, -0.05) is 30.9 Å². The van der Waals surface area contributed by atoms with Crippen LogP contribution in [0.15, 0.2) is 36.5 Å². The molecule has 0 aliphatic heterocycles. The summed E-state index contributed by atoms with van der Waals surface area (Å²) in [6.45, 7) is 6.57. The summed E-state index contributed by atoms with van der Waals surface area (Å²) in [6, 6.07) is 0. The van der Waals surface area contributed by atoms with Crippen molar-refractivity contribution in [2.24, 2.45) is 0 Å². The molecule has 0 aromatic rings. The lowest BCUT2D eigenvalue weighted by Crippen LogP contribution is -2.18. The Morgan fingerprint density at radius 2 is 2.23 bits per heavy atom. The molecule has 0 aromatic carbocycles. The largest absolute Gasteiger partial charge is 0.314 e. The number of hydrogen-bond donors (Lipinski definition) is 1. The Labute approximate surface area is 80.0 Å². The average molecular weight is 183 g/mol. The highest BCUT2D eigenvalue weighted by Gasteiger charge is 1.90. The van der Waals surface area contributed by atoms with E-state index < -0.39 is 0 Å². The van der Waals surface area contributed by atoms with Crippen LogP contribution < -0.4 is 5.32 Å². The Morgan fingerprint density at radius 3 is 2.77 bits per heavy atom. The van der Waals surface area contributed by atoms with E-state index in [-0.39, 0.29) is 6.67 Å². The zero-order valence-electron chi connectivity index (χ0n) is 8.22. The van der Waals surface area contributed by atoms with Crippen LogP contribution in [0.1, 0.15) is 13.3 Å². The number of alkyl halides is 1. The fraction of sp³-hybridized carbons (Fsp3) is 0.455. The maximum Gasteiger partial charge on any atom is 0.102 e. The molecule has 1 N–H and O–H groups in total. The van der Waals surface area contributed by atoms with Crippen molar-refractivity contribution in [3.8, 4) is 0 Å². The molecule has 0 aliphatic carbocycles. The molecule has 0 heterocycles. The van der Waals surface area contributed by atoms with E-state index >= 15 is 0 Å². The maximum atomic E-state index is 11.7. The molecule has 1 nitrogen and oxygen atoms in total. The lowest BCUT2D eigenvalue weighted by molar-refractivity contribution is 0.468. The normalized spacial score (nSPS) is 12.3. The summed E-state index contributed by atoms with van der Waals surface area (Å²) in [5, 5.41) is 3.00. The summed E-state index contributed by atoms with van der Waals surface area (Å²) in [5.41, 5.74) is 1.21. The molecule has 74 valence electrons. The predicted octanol–water partition coefficient (Wildman–Crippen LogP) is 2.62.